The highest BCUT2D eigenvalue weighted by Crippen LogP contribution is 2.32. The summed E-state index contributed by atoms with van der Waals surface area (Å²) >= 11 is 0. The lowest BCUT2D eigenvalue weighted by atomic mass is 9.83. The van der Waals surface area contributed by atoms with E-state index in [2.05, 4.69) is 39.5 Å². The monoisotopic (exact) mass is 169 g/mol. The van der Waals surface area contributed by atoms with Crippen molar-refractivity contribution in [2.75, 3.05) is 6.54 Å². The largest absolute Gasteiger partial charge is 0.296 e. The Hall–Kier alpha value is -0.0400. The summed E-state index contributed by atoms with van der Waals surface area (Å²) in [5.74, 6) is 0.912. The topological polar surface area (TPSA) is 3.24 Å². The summed E-state index contributed by atoms with van der Waals surface area (Å²) < 4.78 is 0. The fraction of sp³-hybridized carbons (Fsp3) is 1.00. The van der Waals surface area contributed by atoms with Gasteiger partial charge in [0.05, 0.1) is 0 Å². The molecule has 0 amide bonds. The summed E-state index contributed by atoms with van der Waals surface area (Å²) in [5, 5.41) is 0. The lowest BCUT2D eigenvalue weighted by molar-refractivity contribution is 0.0250. The fourth-order valence-corrected chi connectivity index (χ4v) is 2.69. The van der Waals surface area contributed by atoms with Crippen LogP contribution >= 0.6 is 0 Å². The molecule has 1 aliphatic rings. The first-order valence-electron chi connectivity index (χ1n) is 5.20. The lowest BCUT2D eigenvalue weighted by Crippen LogP contribution is -2.52. The molecule has 1 fully saturated rings. The SMILES string of the molecule is CC1CCN(C(C)C)C(C)(C)C1. The number of hydrogen-bond acceptors (Lipinski definition) is 1. The molecule has 0 aromatic rings. The van der Waals surface area contributed by atoms with Crippen LogP contribution in [0.5, 0.6) is 0 Å². The van der Waals surface area contributed by atoms with Crippen LogP contribution in [0.2, 0.25) is 0 Å². The molecule has 0 saturated carbocycles. The van der Waals surface area contributed by atoms with Gasteiger partial charge in [0.25, 0.3) is 0 Å². The van der Waals surface area contributed by atoms with Gasteiger partial charge < -0.3 is 0 Å². The highest BCUT2D eigenvalue weighted by Gasteiger charge is 2.33. The van der Waals surface area contributed by atoms with E-state index in [-0.39, 0.29) is 0 Å². The van der Waals surface area contributed by atoms with Gasteiger partial charge in [0.2, 0.25) is 0 Å². The van der Waals surface area contributed by atoms with Gasteiger partial charge in [0.15, 0.2) is 0 Å². The molecule has 0 spiro atoms. The molecule has 0 N–H and O–H groups in total. The predicted molar refractivity (Wildman–Crippen MR) is 54.3 cm³/mol. The quantitative estimate of drug-likeness (QED) is 0.583. The molecule has 0 aliphatic carbocycles. The minimum absolute atomic E-state index is 0.422. The molecule has 1 aliphatic heterocycles. The van der Waals surface area contributed by atoms with E-state index in [1.807, 2.05) is 0 Å². The maximum Gasteiger partial charge on any atom is 0.0158 e. The Morgan fingerprint density at radius 1 is 1.33 bits per heavy atom. The van der Waals surface area contributed by atoms with E-state index in [1.54, 1.807) is 0 Å². The lowest BCUT2D eigenvalue weighted by Gasteiger charge is -2.47. The second-order valence-corrected chi connectivity index (χ2v) is 5.20. The zero-order valence-corrected chi connectivity index (χ0v) is 9.22. The first-order valence-corrected chi connectivity index (χ1v) is 5.20. The molecule has 1 unspecified atom stereocenters. The maximum atomic E-state index is 2.63. The molecule has 1 nitrogen and oxygen atoms in total. The van der Waals surface area contributed by atoms with Gasteiger partial charge in [0.1, 0.15) is 0 Å². The zero-order chi connectivity index (χ0) is 9.35. The van der Waals surface area contributed by atoms with Gasteiger partial charge in [-0.05, 0) is 53.0 Å². The van der Waals surface area contributed by atoms with Crippen molar-refractivity contribution in [1.82, 2.24) is 4.90 Å². The third-order valence-electron chi connectivity index (χ3n) is 3.11. The normalized spacial score (nSPS) is 31.0. The van der Waals surface area contributed by atoms with Crippen molar-refractivity contribution in [2.45, 2.75) is 59.0 Å². The highest BCUT2D eigenvalue weighted by molar-refractivity contribution is 4.89. The Bertz CT molecular complexity index is 149. The van der Waals surface area contributed by atoms with E-state index >= 15 is 0 Å². The van der Waals surface area contributed by atoms with E-state index in [1.165, 1.54) is 19.4 Å². The van der Waals surface area contributed by atoms with Crippen molar-refractivity contribution < 1.29 is 0 Å². The second kappa shape index (κ2) is 3.37. The van der Waals surface area contributed by atoms with Gasteiger partial charge in [-0.15, -0.1) is 0 Å². The number of hydrogen-bond donors (Lipinski definition) is 0. The van der Waals surface area contributed by atoms with Crippen LogP contribution in [-0.2, 0) is 0 Å². The van der Waals surface area contributed by atoms with Gasteiger partial charge in [-0.1, -0.05) is 6.92 Å². The summed E-state index contributed by atoms with van der Waals surface area (Å²) in [6, 6.07) is 0.701. The summed E-state index contributed by atoms with van der Waals surface area (Å²) in [6.45, 7) is 13.0. The van der Waals surface area contributed by atoms with Crippen LogP contribution in [0.1, 0.15) is 47.5 Å². The Morgan fingerprint density at radius 2 is 1.92 bits per heavy atom. The van der Waals surface area contributed by atoms with E-state index in [0.29, 0.717) is 11.6 Å². The molecule has 1 atom stereocenters. The van der Waals surface area contributed by atoms with E-state index in [0.717, 1.165) is 5.92 Å². The van der Waals surface area contributed by atoms with E-state index < -0.39 is 0 Å². The molecule has 0 aromatic heterocycles. The number of piperidine rings is 1. The highest BCUT2D eigenvalue weighted by atomic mass is 15.2. The summed E-state index contributed by atoms with van der Waals surface area (Å²) in [7, 11) is 0. The molecule has 0 bridgehead atoms. The molecule has 1 rings (SSSR count). The van der Waals surface area contributed by atoms with Crippen molar-refractivity contribution in [3.63, 3.8) is 0 Å². The number of nitrogens with zero attached hydrogens (tertiary/aromatic N) is 1. The van der Waals surface area contributed by atoms with Crippen LogP contribution in [0, 0.1) is 5.92 Å². The molecule has 1 saturated heterocycles. The molecule has 0 aromatic carbocycles. The zero-order valence-electron chi connectivity index (χ0n) is 9.22. The minimum atomic E-state index is 0.422. The predicted octanol–water partition coefficient (Wildman–Crippen LogP) is 2.91. The molecule has 1 heterocycles. The molecule has 72 valence electrons. The van der Waals surface area contributed by atoms with Crippen LogP contribution in [0.15, 0.2) is 0 Å². The molecular formula is C11H23N. The Kier molecular flexibility index (Phi) is 2.82. The average molecular weight is 169 g/mol. The van der Waals surface area contributed by atoms with Crippen LogP contribution in [0.3, 0.4) is 0 Å². The van der Waals surface area contributed by atoms with Gasteiger partial charge in [-0.25, -0.2) is 0 Å². The number of likely N-dealkylation sites (tertiary alicyclic amines) is 1. The van der Waals surface area contributed by atoms with Crippen molar-refractivity contribution in [2.24, 2.45) is 5.92 Å². The summed E-state index contributed by atoms with van der Waals surface area (Å²) in [4.78, 5) is 2.63. The fourth-order valence-electron chi connectivity index (χ4n) is 2.69. The number of rotatable bonds is 1. The van der Waals surface area contributed by atoms with Gasteiger partial charge in [-0.3, -0.25) is 4.90 Å². The molecule has 12 heavy (non-hydrogen) atoms. The maximum absolute atomic E-state index is 2.63. The summed E-state index contributed by atoms with van der Waals surface area (Å²) in [5.41, 5.74) is 0.422. The first kappa shape index (κ1) is 10.0. The minimum Gasteiger partial charge on any atom is -0.296 e. The van der Waals surface area contributed by atoms with Crippen LogP contribution < -0.4 is 0 Å². The van der Waals surface area contributed by atoms with E-state index in [4.69, 9.17) is 0 Å². The Balaban J connectivity index is 2.64. The summed E-state index contributed by atoms with van der Waals surface area (Å²) in [6.07, 6.45) is 2.73. The van der Waals surface area contributed by atoms with Crippen LogP contribution in [0.25, 0.3) is 0 Å². The third kappa shape index (κ3) is 2.01. The Morgan fingerprint density at radius 3 is 2.33 bits per heavy atom. The van der Waals surface area contributed by atoms with Crippen LogP contribution in [-0.4, -0.2) is 23.0 Å². The van der Waals surface area contributed by atoms with Crippen molar-refractivity contribution in [1.29, 1.82) is 0 Å². The Labute approximate surface area is 77.1 Å². The standard InChI is InChI=1S/C11H23N/c1-9(2)12-7-6-10(3)8-11(12,4)5/h9-10H,6-8H2,1-5H3. The smallest absolute Gasteiger partial charge is 0.0158 e. The third-order valence-corrected chi connectivity index (χ3v) is 3.11. The molecule has 0 radical (unpaired) electrons. The van der Waals surface area contributed by atoms with Crippen LogP contribution in [0.4, 0.5) is 0 Å². The van der Waals surface area contributed by atoms with Gasteiger partial charge >= 0.3 is 0 Å². The first-order chi connectivity index (χ1) is 5.43. The second-order valence-electron chi connectivity index (χ2n) is 5.20. The molecular weight excluding hydrogens is 146 g/mol. The van der Waals surface area contributed by atoms with Crippen molar-refractivity contribution >= 4 is 0 Å². The van der Waals surface area contributed by atoms with Crippen molar-refractivity contribution in [3.05, 3.63) is 0 Å². The molecule has 1 heteroatoms. The van der Waals surface area contributed by atoms with Crippen molar-refractivity contribution in [3.8, 4) is 0 Å². The van der Waals surface area contributed by atoms with E-state index in [9.17, 15) is 0 Å². The average Bonchev–Trinajstić information content (AvgIpc) is 1.82. The van der Waals surface area contributed by atoms with Gasteiger partial charge in [0, 0.05) is 11.6 Å². The van der Waals surface area contributed by atoms with Gasteiger partial charge in [-0.2, -0.15) is 0 Å².